The number of hydrogen-bond acceptors (Lipinski definition) is 1. The molecule has 3 aromatic carbocycles. The second kappa shape index (κ2) is 6.19. The molecule has 0 saturated carbocycles. The van der Waals surface area contributed by atoms with Gasteiger partial charge in [0.05, 0.1) is 12.4 Å². The molecule has 4 rings (SSSR count). The number of quaternary nitrogens is 1. The van der Waals surface area contributed by atoms with Crippen LogP contribution in [0.2, 0.25) is 0 Å². The zero-order chi connectivity index (χ0) is 16.2. The third-order valence-electron chi connectivity index (χ3n) is 4.35. The molecule has 0 unspecified atom stereocenters. The van der Waals surface area contributed by atoms with Gasteiger partial charge in [-0.05, 0) is 12.1 Å². The maximum atomic E-state index is 2.22. The van der Waals surface area contributed by atoms with Gasteiger partial charge in [0.1, 0.15) is 23.8 Å². The Hall–Kier alpha value is -3.10. The lowest BCUT2D eigenvalue weighted by Crippen LogP contribution is -2.35. The van der Waals surface area contributed by atoms with Crippen LogP contribution < -0.4 is 9.38 Å². The molecule has 1 aliphatic rings. The van der Waals surface area contributed by atoms with E-state index >= 15 is 0 Å². The Morgan fingerprint density at radius 1 is 0.500 bits per heavy atom. The van der Waals surface area contributed by atoms with Crippen LogP contribution in [0.25, 0.3) is 0 Å². The Balaban J connectivity index is 1.79. The summed E-state index contributed by atoms with van der Waals surface area (Å²) in [5, 5.41) is 0. The third kappa shape index (κ3) is 2.53. The maximum absolute atomic E-state index is 2.22. The van der Waals surface area contributed by atoms with E-state index in [0.717, 1.165) is 5.69 Å². The number of benzene rings is 3. The predicted octanol–water partition coefficient (Wildman–Crippen LogP) is 5.79. The van der Waals surface area contributed by atoms with E-state index < -0.39 is 0 Å². The summed E-state index contributed by atoms with van der Waals surface area (Å²) < 4.78 is 0.574. The van der Waals surface area contributed by atoms with Gasteiger partial charge >= 0.3 is 0 Å². The lowest BCUT2D eigenvalue weighted by atomic mass is 10.2. The van der Waals surface area contributed by atoms with Crippen LogP contribution in [0.15, 0.2) is 116 Å². The van der Waals surface area contributed by atoms with Crippen LogP contribution in [0.1, 0.15) is 0 Å². The van der Waals surface area contributed by atoms with Crippen molar-refractivity contribution in [1.82, 2.24) is 4.48 Å². The maximum Gasteiger partial charge on any atom is 0.147 e. The van der Waals surface area contributed by atoms with Crippen LogP contribution in [-0.4, -0.2) is 0 Å². The van der Waals surface area contributed by atoms with E-state index in [2.05, 4.69) is 115 Å². The summed E-state index contributed by atoms with van der Waals surface area (Å²) >= 11 is 0. The van der Waals surface area contributed by atoms with Crippen LogP contribution in [0.3, 0.4) is 0 Å². The zero-order valence-electron chi connectivity index (χ0n) is 13.4. The van der Waals surface area contributed by atoms with Crippen molar-refractivity contribution in [3.63, 3.8) is 0 Å². The normalized spacial score (nSPS) is 15.4. The minimum Gasteiger partial charge on any atom is -0.313 e. The Kier molecular flexibility index (Phi) is 3.73. The molecule has 0 atom stereocenters. The molecule has 116 valence electrons. The average Bonchev–Trinajstić information content (AvgIpc) is 2.70. The minimum atomic E-state index is 0.574. The van der Waals surface area contributed by atoms with Crippen LogP contribution in [0.5, 0.6) is 0 Å². The molecule has 0 N–H and O–H groups in total. The molecule has 0 amide bonds. The van der Waals surface area contributed by atoms with Gasteiger partial charge in [-0.25, -0.2) is 4.48 Å². The summed E-state index contributed by atoms with van der Waals surface area (Å²) in [5.74, 6) is 0. The van der Waals surface area contributed by atoms with Crippen molar-refractivity contribution in [2.45, 2.75) is 0 Å². The standard InChI is InChI=1S/C22H19N2/c1-4-10-20(11-5-1)23-16-18-24(19-17-23,21-12-6-2-7-13-21)22-14-8-3-9-15-22/h1-19H/q+1. The first-order valence-corrected chi connectivity index (χ1v) is 8.10. The number of hydrogen-bond donors (Lipinski definition) is 0. The highest BCUT2D eigenvalue weighted by molar-refractivity contribution is 5.66. The van der Waals surface area contributed by atoms with E-state index in [1.165, 1.54) is 11.4 Å². The third-order valence-corrected chi connectivity index (χ3v) is 4.35. The summed E-state index contributed by atoms with van der Waals surface area (Å²) in [6.45, 7) is 0. The fraction of sp³-hybridized carbons (Fsp3) is 0. The lowest BCUT2D eigenvalue weighted by Gasteiger charge is -2.33. The van der Waals surface area contributed by atoms with Gasteiger partial charge in [-0.15, -0.1) is 0 Å². The van der Waals surface area contributed by atoms with Gasteiger partial charge in [-0.3, -0.25) is 0 Å². The summed E-state index contributed by atoms with van der Waals surface area (Å²) in [6, 6.07) is 31.5. The zero-order valence-corrected chi connectivity index (χ0v) is 13.4. The van der Waals surface area contributed by atoms with E-state index in [4.69, 9.17) is 0 Å². The second-order valence-corrected chi connectivity index (χ2v) is 5.79. The quantitative estimate of drug-likeness (QED) is 0.553. The summed E-state index contributed by atoms with van der Waals surface area (Å²) in [6.07, 6.45) is 8.71. The van der Waals surface area contributed by atoms with Crippen molar-refractivity contribution in [3.05, 3.63) is 116 Å². The topological polar surface area (TPSA) is 3.24 Å². The molecule has 0 spiro atoms. The first-order chi connectivity index (χ1) is 11.9. The Bertz CT molecular complexity index is 797. The SMILES string of the molecule is C1=C[N+](c2ccccc2)(c2ccccc2)C=CN1c1ccccc1. The smallest absolute Gasteiger partial charge is 0.147 e. The highest BCUT2D eigenvalue weighted by Gasteiger charge is 2.31. The van der Waals surface area contributed by atoms with Crippen molar-refractivity contribution in [2.24, 2.45) is 0 Å². The minimum absolute atomic E-state index is 0.574. The van der Waals surface area contributed by atoms with E-state index in [0.29, 0.717) is 4.48 Å². The highest BCUT2D eigenvalue weighted by Crippen LogP contribution is 2.38. The average molecular weight is 311 g/mol. The van der Waals surface area contributed by atoms with Gasteiger partial charge in [-0.1, -0.05) is 54.6 Å². The van der Waals surface area contributed by atoms with Crippen LogP contribution in [0.4, 0.5) is 17.1 Å². The van der Waals surface area contributed by atoms with Crippen molar-refractivity contribution in [3.8, 4) is 0 Å². The molecule has 2 nitrogen and oxygen atoms in total. The van der Waals surface area contributed by atoms with E-state index in [1.54, 1.807) is 0 Å². The molecule has 2 heteroatoms. The van der Waals surface area contributed by atoms with Crippen LogP contribution in [0, 0.1) is 0 Å². The highest BCUT2D eigenvalue weighted by atomic mass is 15.4. The molecule has 1 heterocycles. The molecule has 0 aromatic heterocycles. The van der Waals surface area contributed by atoms with Gasteiger partial charge in [0, 0.05) is 30.0 Å². The number of rotatable bonds is 3. The van der Waals surface area contributed by atoms with Gasteiger partial charge in [0.2, 0.25) is 0 Å². The summed E-state index contributed by atoms with van der Waals surface area (Å²) in [7, 11) is 0. The fourth-order valence-electron chi connectivity index (χ4n) is 3.07. The van der Waals surface area contributed by atoms with Gasteiger partial charge in [-0.2, -0.15) is 0 Å². The van der Waals surface area contributed by atoms with Crippen molar-refractivity contribution in [2.75, 3.05) is 4.90 Å². The molecule has 0 radical (unpaired) electrons. The number of nitrogens with zero attached hydrogens (tertiary/aromatic N) is 2. The summed E-state index contributed by atoms with van der Waals surface area (Å²) in [5.41, 5.74) is 3.58. The molecule has 24 heavy (non-hydrogen) atoms. The van der Waals surface area contributed by atoms with E-state index in [1.807, 2.05) is 6.07 Å². The summed E-state index contributed by atoms with van der Waals surface area (Å²) in [4.78, 5) is 2.14. The number of anilines is 1. The molecule has 3 aromatic rings. The monoisotopic (exact) mass is 311 g/mol. The Morgan fingerprint density at radius 2 is 0.917 bits per heavy atom. The van der Waals surface area contributed by atoms with E-state index in [9.17, 15) is 0 Å². The Morgan fingerprint density at radius 3 is 1.38 bits per heavy atom. The molecular formula is C22H19N2+. The molecule has 1 aliphatic heterocycles. The lowest BCUT2D eigenvalue weighted by molar-refractivity contribution is 0.657. The molecule has 0 fully saturated rings. The first-order valence-electron chi connectivity index (χ1n) is 8.10. The largest absolute Gasteiger partial charge is 0.313 e. The van der Waals surface area contributed by atoms with Gasteiger partial charge in [0.15, 0.2) is 0 Å². The molecule has 0 aliphatic carbocycles. The van der Waals surface area contributed by atoms with Crippen molar-refractivity contribution < 1.29 is 0 Å². The van der Waals surface area contributed by atoms with Gasteiger partial charge in [0.25, 0.3) is 0 Å². The molecule has 0 bridgehead atoms. The predicted molar refractivity (Wildman–Crippen MR) is 102 cm³/mol. The fourth-order valence-corrected chi connectivity index (χ4v) is 3.07. The van der Waals surface area contributed by atoms with Crippen molar-refractivity contribution in [1.29, 1.82) is 0 Å². The van der Waals surface area contributed by atoms with E-state index in [-0.39, 0.29) is 0 Å². The number of para-hydroxylation sites is 3. The van der Waals surface area contributed by atoms with Crippen LogP contribution in [-0.2, 0) is 0 Å². The molecule has 0 saturated heterocycles. The Labute approximate surface area is 142 Å². The van der Waals surface area contributed by atoms with Crippen LogP contribution >= 0.6 is 0 Å². The second-order valence-electron chi connectivity index (χ2n) is 5.79. The van der Waals surface area contributed by atoms with Crippen molar-refractivity contribution >= 4 is 17.1 Å². The first kappa shape index (κ1) is 14.5. The van der Waals surface area contributed by atoms with Gasteiger partial charge < -0.3 is 4.90 Å². The molecular weight excluding hydrogens is 292 g/mol.